The topological polar surface area (TPSA) is 24.5 Å². The summed E-state index contributed by atoms with van der Waals surface area (Å²) in [4.78, 5) is 2.55. The molecule has 0 amide bonds. The maximum absolute atomic E-state index is 5.49. The van der Waals surface area contributed by atoms with Crippen molar-refractivity contribution in [2.75, 3.05) is 32.8 Å². The first kappa shape index (κ1) is 16.3. The predicted molar refractivity (Wildman–Crippen MR) is 88.9 cm³/mol. The molecule has 1 saturated heterocycles. The largest absolute Gasteiger partial charge is 0.494 e. The lowest BCUT2D eigenvalue weighted by Gasteiger charge is -2.31. The Morgan fingerprint density at radius 2 is 1.86 bits per heavy atom. The molecule has 2 rings (SSSR count). The Morgan fingerprint density at radius 3 is 2.43 bits per heavy atom. The Morgan fingerprint density at radius 1 is 1.19 bits per heavy atom. The van der Waals surface area contributed by atoms with E-state index in [1.54, 1.807) is 0 Å². The number of piperidine rings is 1. The van der Waals surface area contributed by atoms with Crippen LogP contribution in [0.4, 0.5) is 0 Å². The molecule has 1 atom stereocenters. The zero-order chi connectivity index (χ0) is 15.1. The van der Waals surface area contributed by atoms with Crippen molar-refractivity contribution in [3.63, 3.8) is 0 Å². The maximum atomic E-state index is 5.49. The summed E-state index contributed by atoms with van der Waals surface area (Å²) in [6.45, 7) is 12.1. The number of hydrogen-bond acceptors (Lipinski definition) is 3. The Bertz CT molecular complexity index is 396. The van der Waals surface area contributed by atoms with Crippen molar-refractivity contribution in [1.82, 2.24) is 10.2 Å². The summed E-state index contributed by atoms with van der Waals surface area (Å²) in [5, 5.41) is 3.69. The lowest BCUT2D eigenvalue weighted by molar-refractivity contribution is 0.188. The normalized spacial score (nSPS) is 18.6. The predicted octanol–water partition coefficient (Wildman–Crippen LogP) is 3.47. The molecule has 0 radical (unpaired) electrons. The summed E-state index contributed by atoms with van der Waals surface area (Å²) in [6, 6.07) is 8.88. The quantitative estimate of drug-likeness (QED) is 0.832. The van der Waals surface area contributed by atoms with Gasteiger partial charge in [0.05, 0.1) is 6.61 Å². The van der Waals surface area contributed by atoms with E-state index in [1.807, 2.05) is 6.92 Å². The summed E-state index contributed by atoms with van der Waals surface area (Å²) < 4.78 is 5.49. The number of rotatable bonds is 7. The van der Waals surface area contributed by atoms with Gasteiger partial charge in [-0.15, -0.1) is 0 Å². The molecule has 3 heteroatoms. The zero-order valence-corrected chi connectivity index (χ0v) is 13.8. The van der Waals surface area contributed by atoms with E-state index in [4.69, 9.17) is 4.74 Å². The molecule has 118 valence electrons. The molecule has 1 N–H and O–H groups in total. The molecule has 3 nitrogen and oxygen atoms in total. The Hall–Kier alpha value is -1.06. The van der Waals surface area contributed by atoms with Crippen molar-refractivity contribution >= 4 is 0 Å². The average Bonchev–Trinajstić information content (AvgIpc) is 2.54. The van der Waals surface area contributed by atoms with Crippen LogP contribution in [0.25, 0.3) is 0 Å². The summed E-state index contributed by atoms with van der Waals surface area (Å²) >= 11 is 0. The molecule has 0 spiro atoms. The van der Waals surface area contributed by atoms with Gasteiger partial charge in [0.25, 0.3) is 0 Å². The van der Waals surface area contributed by atoms with Gasteiger partial charge in [0.1, 0.15) is 5.75 Å². The number of likely N-dealkylation sites (tertiary alicyclic amines) is 1. The number of ether oxygens (including phenoxy) is 1. The standard InChI is InChI=1S/C18H30N2O/c1-4-20-12-10-16(11-13-20)14-19-15(3)17-6-8-18(9-7-17)21-5-2/h6-9,15-16,19H,4-5,10-14H2,1-3H3. The van der Waals surface area contributed by atoms with Crippen LogP contribution in [0, 0.1) is 5.92 Å². The lowest BCUT2D eigenvalue weighted by Crippen LogP contribution is -2.37. The average molecular weight is 290 g/mol. The van der Waals surface area contributed by atoms with Gasteiger partial charge in [-0.1, -0.05) is 19.1 Å². The first-order valence-corrected chi connectivity index (χ1v) is 8.41. The maximum Gasteiger partial charge on any atom is 0.119 e. The number of nitrogens with zero attached hydrogens (tertiary/aromatic N) is 1. The second-order valence-electron chi connectivity index (χ2n) is 6.01. The van der Waals surface area contributed by atoms with Crippen molar-refractivity contribution in [3.05, 3.63) is 29.8 Å². The summed E-state index contributed by atoms with van der Waals surface area (Å²) in [7, 11) is 0. The van der Waals surface area contributed by atoms with Crippen LogP contribution >= 0.6 is 0 Å². The Balaban J connectivity index is 1.75. The van der Waals surface area contributed by atoms with E-state index in [9.17, 15) is 0 Å². The summed E-state index contributed by atoms with van der Waals surface area (Å²) in [5.41, 5.74) is 1.34. The van der Waals surface area contributed by atoms with Crippen molar-refractivity contribution in [2.45, 2.75) is 39.7 Å². The molecular formula is C18H30N2O. The van der Waals surface area contributed by atoms with E-state index in [1.165, 1.54) is 38.0 Å². The van der Waals surface area contributed by atoms with Gasteiger partial charge in [-0.05, 0) is 76.5 Å². The van der Waals surface area contributed by atoms with Gasteiger partial charge in [-0.2, -0.15) is 0 Å². The second-order valence-corrected chi connectivity index (χ2v) is 6.01. The minimum Gasteiger partial charge on any atom is -0.494 e. The van der Waals surface area contributed by atoms with Gasteiger partial charge in [-0.25, -0.2) is 0 Å². The molecule has 1 aliphatic rings. The highest BCUT2D eigenvalue weighted by Crippen LogP contribution is 2.20. The summed E-state index contributed by atoms with van der Waals surface area (Å²) in [5.74, 6) is 1.79. The third-order valence-corrected chi connectivity index (χ3v) is 4.56. The SMILES string of the molecule is CCOc1ccc(C(C)NCC2CCN(CC)CC2)cc1. The first-order valence-electron chi connectivity index (χ1n) is 8.41. The van der Waals surface area contributed by atoms with Gasteiger partial charge in [0, 0.05) is 6.04 Å². The summed E-state index contributed by atoms with van der Waals surface area (Å²) in [6.07, 6.45) is 2.66. The molecule has 1 unspecified atom stereocenters. The highest BCUT2D eigenvalue weighted by atomic mass is 16.5. The molecule has 1 aliphatic heterocycles. The Labute approximate surface area is 129 Å². The van der Waals surface area contributed by atoms with E-state index in [2.05, 4.69) is 48.3 Å². The van der Waals surface area contributed by atoms with Crippen LogP contribution in [0.15, 0.2) is 24.3 Å². The van der Waals surface area contributed by atoms with E-state index in [0.29, 0.717) is 6.04 Å². The van der Waals surface area contributed by atoms with Crippen LogP contribution in [-0.4, -0.2) is 37.7 Å². The third-order valence-electron chi connectivity index (χ3n) is 4.56. The van der Waals surface area contributed by atoms with Gasteiger partial charge >= 0.3 is 0 Å². The zero-order valence-electron chi connectivity index (χ0n) is 13.8. The molecule has 0 aromatic heterocycles. The van der Waals surface area contributed by atoms with Crippen molar-refractivity contribution < 1.29 is 4.74 Å². The highest BCUT2D eigenvalue weighted by Gasteiger charge is 2.18. The number of benzene rings is 1. The van der Waals surface area contributed by atoms with Gasteiger partial charge < -0.3 is 15.0 Å². The molecule has 0 bridgehead atoms. The van der Waals surface area contributed by atoms with Crippen molar-refractivity contribution in [3.8, 4) is 5.75 Å². The fraction of sp³-hybridized carbons (Fsp3) is 0.667. The lowest BCUT2D eigenvalue weighted by atomic mass is 9.96. The minimum absolute atomic E-state index is 0.407. The van der Waals surface area contributed by atoms with Crippen LogP contribution in [0.2, 0.25) is 0 Å². The van der Waals surface area contributed by atoms with E-state index in [-0.39, 0.29) is 0 Å². The monoisotopic (exact) mass is 290 g/mol. The van der Waals surface area contributed by atoms with E-state index >= 15 is 0 Å². The van der Waals surface area contributed by atoms with Crippen LogP contribution in [-0.2, 0) is 0 Å². The molecule has 0 aliphatic carbocycles. The van der Waals surface area contributed by atoms with E-state index < -0.39 is 0 Å². The minimum atomic E-state index is 0.407. The molecule has 1 aromatic rings. The highest BCUT2D eigenvalue weighted by molar-refractivity contribution is 5.28. The Kier molecular flexibility index (Phi) is 6.52. The van der Waals surface area contributed by atoms with Crippen LogP contribution < -0.4 is 10.1 Å². The molecule has 1 fully saturated rings. The fourth-order valence-corrected chi connectivity index (χ4v) is 2.99. The number of hydrogen-bond donors (Lipinski definition) is 1. The van der Waals surface area contributed by atoms with E-state index in [0.717, 1.165) is 24.8 Å². The van der Waals surface area contributed by atoms with Crippen LogP contribution in [0.1, 0.15) is 45.2 Å². The van der Waals surface area contributed by atoms with Crippen molar-refractivity contribution in [1.29, 1.82) is 0 Å². The molecular weight excluding hydrogens is 260 g/mol. The van der Waals surface area contributed by atoms with Gasteiger partial charge in [0.15, 0.2) is 0 Å². The van der Waals surface area contributed by atoms with Gasteiger partial charge in [0.2, 0.25) is 0 Å². The van der Waals surface area contributed by atoms with Crippen LogP contribution in [0.5, 0.6) is 5.75 Å². The van der Waals surface area contributed by atoms with Gasteiger partial charge in [-0.3, -0.25) is 0 Å². The molecule has 0 saturated carbocycles. The number of nitrogens with one attached hydrogen (secondary N) is 1. The third kappa shape index (κ3) is 5.01. The smallest absolute Gasteiger partial charge is 0.119 e. The second kappa shape index (κ2) is 8.40. The molecule has 1 aromatic carbocycles. The first-order chi connectivity index (χ1) is 10.2. The van der Waals surface area contributed by atoms with Crippen LogP contribution in [0.3, 0.4) is 0 Å². The fourth-order valence-electron chi connectivity index (χ4n) is 2.99. The molecule has 1 heterocycles. The molecule has 21 heavy (non-hydrogen) atoms. The van der Waals surface area contributed by atoms with Crippen molar-refractivity contribution in [2.24, 2.45) is 5.92 Å².